The number of non-ortho nitro benzene ring substituents is 1. The lowest BCUT2D eigenvalue weighted by molar-refractivity contribution is -0.393. The Labute approximate surface area is 120 Å². The van der Waals surface area contributed by atoms with Crippen molar-refractivity contribution >= 4 is 23.3 Å². The first-order valence-corrected chi connectivity index (χ1v) is 6.37. The molecule has 1 aromatic carbocycles. The van der Waals surface area contributed by atoms with Crippen LogP contribution in [0, 0.1) is 20.2 Å². The number of nitro groups is 2. The summed E-state index contributed by atoms with van der Waals surface area (Å²) in [5.74, 6) is 0. The van der Waals surface area contributed by atoms with E-state index in [9.17, 15) is 20.2 Å². The summed E-state index contributed by atoms with van der Waals surface area (Å²) in [6.07, 6.45) is 4.71. The molecule has 1 aromatic rings. The Morgan fingerprint density at radius 2 is 1.95 bits per heavy atom. The number of benzene rings is 1. The number of anilines is 1. The van der Waals surface area contributed by atoms with Crippen LogP contribution in [0.2, 0.25) is 0 Å². The largest absolute Gasteiger partial charge is 0.396 e. The van der Waals surface area contributed by atoms with E-state index < -0.39 is 15.5 Å². The number of hydrazone groups is 1. The molecule has 1 rings (SSSR count). The van der Waals surface area contributed by atoms with E-state index in [1.54, 1.807) is 6.21 Å². The topological polar surface area (TPSA) is 131 Å². The van der Waals surface area contributed by atoms with Crippen molar-refractivity contribution in [2.24, 2.45) is 5.10 Å². The van der Waals surface area contributed by atoms with Gasteiger partial charge in [0.25, 0.3) is 5.69 Å². The molecule has 0 heterocycles. The van der Waals surface area contributed by atoms with Gasteiger partial charge in [0.05, 0.1) is 15.9 Å². The molecule has 2 N–H and O–H groups in total. The van der Waals surface area contributed by atoms with Gasteiger partial charge in [0, 0.05) is 18.9 Å². The van der Waals surface area contributed by atoms with E-state index in [1.165, 1.54) is 12.1 Å². The fourth-order valence-corrected chi connectivity index (χ4v) is 1.58. The first-order valence-electron chi connectivity index (χ1n) is 6.37. The molecular formula is C12H16N4O5. The Balaban J connectivity index is 2.64. The summed E-state index contributed by atoms with van der Waals surface area (Å²) < 4.78 is 0. The molecule has 0 aliphatic rings. The molecule has 9 heteroatoms. The zero-order chi connectivity index (χ0) is 15.7. The van der Waals surface area contributed by atoms with E-state index in [4.69, 9.17) is 5.11 Å². The van der Waals surface area contributed by atoms with Gasteiger partial charge in [-0.05, 0) is 25.3 Å². The van der Waals surface area contributed by atoms with Gasteiger partial charge in [0.2, 0.25) is 0 Å². The molecule has 0 radical (unpaired) electrons. The van der Waals surface area contributed by atoms with Gasteiger partial charge in [0.1, 0.15) is 5.69 Å². The van der Waals surface area contributed by atoms with E-state index >= 15 is 0 Å². The Hall–Kier alpha value is -2.55. The lowest BCUT2D eigenvalue weighted by Gasteiger charge is -2.01. The molecule has 0 spiro atoms. The molecule has 9 nitrogen and oxygen atoms in total. The molecule has 0 saturated heterocycles. The maximum atomic E-state index is 10.9. The number of unbranched alkanes of at least 4 members (excludes halogenated alkanes) is 3. The number of nitrogens with zero attached hydrogens (tertiary/aromatic N) is 3. The van der Waals surface area contributed by atoms with Crippen LogP contribution in [0.25, 0.3) is 0 Å². The molecule has 0 bridgehead atoms. The third kappa shape index (κ3) is 5.53. The van der Waals surface area contributed by atoms with Crippen molar-refractivity contribution in [3.63, 3.8) is 0 Å². The lowest BCUT2D eigenvalue weighted by atomic mass is 10.2. The molecule has 0 atom stereocenters. The van der Waals surface area contributed by atoms with Crippen LogP contribution in [-0.2, 0) is 0 Å². The first-order chi connectivity index (χ1) is 10.1. The van der Waals surface area contributed by atoms with Crippen molar-refractivity contribution in [2.75, 3.05) is 12.0 Å². The number of hydrogen-bond acceptors (Lipinski definition) is 7. The number of rotatable bonds is 9. The van der Waals surface area contributed by atoms with Gasteiger partial charge in [-0.25, -0.2) is 0 Å². The Bertz CT molecular complexity index is 532. The van der Waals surface area contributed by atoms with Gasteiger partial charge < -0.3 is 5.11 Å². The highest BCUT2D eigenvalue weighted by atomic mass is 16.6. The molecule has 0 aromatic heterocycles. The molecule has 114 valence electrons. The van der Waals surface area contributed by atoms with E-state index in [0.717, 1.165) is 25.3 Å². The summed E-state index contributed by atoms with van der Waals surface area (Å²) in [4.78, 5) is 20.1. The molecule has 0 aliphatic heterocycles. The van der Waals surface area contributed by atoms with E-state index in [2.05, 4.69) is 10.5 Å². The van der Waals surface area contributed by atoms with Gasteiger partial charge in [0.15, 0.2) is 0 Å². The number of hydrogen-bond donors (Lipinski definition) is 2. The standard InChI is InChI=1S/C12H16N4O5/c17-8-4-2-1-3-7-13-14-11-6-5-10(15(18)19)9-12(11)16(20)21/h5-7,9,14,17H,1-4,8H2. The molecule has 0 amide bonds. The van der Waals surface area contributed by atoms with Gasteiger partial charge in [-0.3, -0.25) is 25.7 Å². The summed E-state index contributed by atoms with van der Waals surface area (Å²) >= 11 is 0. The van der Waals surface area contributed by atoms with Crippen LogP contribution in [0.5, 0.6) is 0 Å². The van der Waals surface area contributed by atoms with Crippen molar-refractivity contribution in [1.29, 1.82) is 0 Å². The quantitative estimate of drug-likeness (QED) is 0.311. The third-order valence-corrected chi connectivity index (χ3v) is 2.66. The van der Waals surface area contributed by atoms with Crippen molar-refractivity contribution in [1.82, 2.24) is 0 Å². The third-order valence-electron chi connectivity index (χ3n) is 2.66. The smallest absolute Gasteiger partial charge is 0.301 e. The first kappa shape index (κ1) is 16.5. The fourth-order valence-electron chi connectivity index (χ4n) is 1.58. The summed E-state index contributed by atoms with van der Waals surface area (Å²) in [6, 6.07) is 3.31. The van der Waals surface area contributed by atoms with Gasteiger partial charge >= 0.3 is 5.69 Å². The van der Waals surface area contributed by atoms with Gasteiger partial charge in [-0.1, -0.05) is 6.42 Å². The van der Waals surface area contributed by atoms with E-state index in [-0.39, 0.29) is 18.0 Å². The minimum atomic E-state index is -0.702. The van der Waals surface area contributed by atoms with Crippen molar-refractivity contribution in [2.45, 2.75) is 25.7 Å². The number of nitro benzene ring substituents is 2. The summed E-state index contributed by atoms with van der Waals surface area (Å²) in [6.45, 7) is 0.157. The van der Waals surface area contributed by atoms with Crippen molar-refractivity contribution < 1.29 is 15.0 Å². The maximum absolute atomic E-state index is 10.9. The van der Waals surface area contributed by atoms with Crippen LogP contribution in [0.15, 0.2) is 23.3 Å². The van der Waals surface area contributed by atoms with Crippen LogP contribution in [-0.4, -0.2) is 27.8 Å². The molecule has 0 fully saturated rings. The second-order valence-electron chi connectivity index (χ2n) is 4.21. The molecule has 0 saturated carbocycles. The summed E-state index contributed by atoms with van der Waals surface area (Å²) in [7, 11) is 0. The van der Waals surface area contributed by atoms with Crippen LogP contribution in [0.3, 0.4) is 0 Å². The molecule has 0 unspecified atom stereocenters. The Morgan fingerprint density at radius 1 is 1.19 bits per heavy atom. The van der Waals surface area contributed by atoms with Gasteiger partial charge in [-0.2, -0.15) is 5.10 Å². The normalized spacial score (nSPS) is 10.7. The highest BCUT2D eigenvalue weighted by Crippen LogP contribution is 2.28. The second kappa shape index (κ2) is 8.59. The average Bonchev–Trinajstić information content (AvgIpc) is 2.46. The monoisotopic (exact) mass is 296 g/mol. The molecule has 21 heavy (non-hydrogen) atoms. The summed E-state index contributed by atoms with van der Waals surface area (Å²) in [5.41, 5.74) is 1.85. The predicted octanol–water partition coefficient (Wildman–Crippen LogP) is 2.45. The predicted molar refractivity (Wildman–Crippen MR) is 77.4 cm³/mol. The number of nitrogens with one attached hydrogen (secondary N) is 1. The van der Waals surface area contributed by atoms with Crippen LogP contribution in [0.1, 0.15) is 25.7 Å². The fraction of sp³-hybridized carbons (Fsp3) is 0.417. The molecule has 0 aliphatic carbocycles. The average molecular weight is 296 g/mol. The van der Waals surface area contributed by atoms with E-state index in [1.807, 2.05) is 0 Å². The Kier molecular flexibility index (Phi) is 6.75. The number of aliphatic hydroxyl groups excluding tert-OH is 1. The second-order valence-corrected chi connectivity index (χ2v) is 4.21. The SMILES string of the molecule is O=[N+]([O-])c1ccc(NN=CCCCCCO)c([N+](=O)[O-])c1. The maximum Gasteiger partial charge on any atom is 0.301 e. The Morgan fingerprint density at radius 3 is 2.57 bits per heavy atom. The van der Waals surface area contributed by atoms with Crippen LogP contribution >= 0.6 is 0 Å². The van der Waals surface area contributed by atoms with Crippen LogP contribution in [0.4, 0.5) is 17.1 Å². The minimum Gasteiger partial charge on any atom is -0.396 e. The van der Waals surface area contributed by atoms with E-state index in [0.29, 0.717) is 6.42 Å². The highest BCUT2D eigenvalue weighted by Gasteiger charge is 2.18. The highest BCUT2D eigenvalue weighted by molar-refractivity contribution is 5.67. The minimum absolute atomic E-state index is 0.0946. The van der Waals surface area contributed by atoms with Crippen LogP contribution < -0.4 is 5.43 Å². The lowest BCUT2D eigenvalue weighted by Crippen LogP contribution is -1.98. The zero-order valence-corrected chi connectivity index (χ0v) is 11.3. The summed E-state index contributed by atoms with van der Waals surface area (Å²) in [5, 5.41) is 33.9. The number of aliphatic hydroxyl groups is 1. The van der Waals surface area contributed by atoms with Crippen molar-refractivity contribution in [3.8, 4) is 0 Å². The molecular weight excluding hydrogens is 280 g/mol. The van der Waals surface area contributed by atoms with Crippen molar-refractivity contribution in [3.05, 3.63) is 38.4 Å². The van der Waals surface area contributed by atoms with Gasteiger partial charge in [-0.15, -0.1) is 0 Å². The zero-order valence-electron chi connectivity index (χ0n) is 11.3.